The molecule has 120 valence electrons. The summed E-state index contributed by atoms with van der Waals surface area (Å²) in [5.41, 5.74) is 2.67. The molecule has 3 amide bonds. The number of benzene rings is 1. The molecule has 23 heavy (non-hydrogen) atoms. The summed E-state index contributed by atoms with van der Waals surface area (Å²) in [6, 6.07) is 5.16. The molecule has 1 atom stereocenters. The molecule has 7 heteroatoms. The van der Waals surface area contributed by atoms with Crippen LogP contribution in [0.3, 0.4) is 0 Å². The predicted molar refractivity (Wildman–Crippen MR) is 83.0 cm³/mol. The summed E-state index contributed by atoms with van der Waals surface area (Å²) < 4.78 is 0. The van der Waals surface area contributed by atoms with E-state index in [1.54, 1.807) is 0 Å². The van der Waals surface area contributed by atoms with Crippen molar-refractivity contribution in [3.05, 3.63) is 29.3 Å². The second-order valence-electron chi connectivity index (χ2n) is 6.14. The van der Waals surface area contributed by atoms with Crippen molar-refractivity contribution >= 4 is 23.4 Å². The molecule has 2 fully saturated rings. The smallest absolute Gasteiger partial charge is 0.255 e. The van der Waals surface area contributed by atoms with Gasteiger partial charge in [0.25, 0.3) is 5.91 Å². The third-order valence-electron chi connectivity index (χ3n) is 4.72. The number of fused-ring (bicyclic) bond motifs is 1. The third kappa shape index (κ3) is 2.37. The number of rotatable bonds is 2. The van der Waals surface area contributed by atoms with Crippen LogP contribution in [0.4, 0.5) is 5.69 Å². The van der Waals surface area contributed by atoms with Gasteiger partial charge in [-0.3, -0.25) is 19.7 Å². The van der Waals surface area contributed by atoms with Crippen LogP contribution >= 0.6 is 0 Å². The lowest BCUT2D eigenvalue weighted by molar-refractivity contribution is -0.126. The SMILES string of the molecule is O=C1CC(N2Cc3cc(N4CCNCC4)ccc3C2=O)C(=O)N1. The maximum atomic E-state index is 12.5. The minimum absolute atomic E-state index is 0.0587. The normalized spacial score (nSPS) is 24.2. The second kappa shape index (κ2) is 5.34. The highest BCUT2D eigenvalue weighted by atomic mass is 16.2. The molecular weight excluding hydrogens is 296 g/mol. The van der Waals surface area contributed by atoms with Gasteiger partial charge in [0.15, 0.2) is 0 Å². The Hall–Kier alpha value is -2.41. The third-order valence-corrected chi connectivity index (χ3v) is 4.72. The molecule has 3 heterocycles. The van der Waals surface area contributed by atoms with Gasteiger partial charge in [0.05, 0.1) is 6.42 Å². The summed E-state index contributed by atoms with van der Waals surface area (Å²) in [5.74, 6) is -0.856. The van der Waals surface area contributed by atoms with Gasteiger partial charge in [-0.1, -0.05) is 0 Å². The fourth-order valence-corrected chi connectivity index (χ4v) is 3.49. The number of imide groups is 1. The first-order valence-corrected chi connectivity index (χ1v) is 7.87. The summed E-state index contributed by atoms with van der Waals surface area (Å²) in [6.07, 6.45) is 0.0587. The van der Waals surface area contributed by atoms with Crippen LogP contribution in [0, 0.1) is 0 Å². The van der Waals surface area contributed by atoms with E-state index in [0.29, 0.717) is 12.1 Å². The molecular formula is C16H18N4O3. The topological polar surface area (TPSA) is 81.8 Å². The second-order valence-corrected chi connectivity index (χ2v) is 6.14. The van der Waals surface area contributed by atoms with Crippen molar-refractivity contribution < 1.29 is 14.4 Å². The van der Waals surface area contributed by atoms with E-state index in [2.05, 4.69) is 15.5 Å². The van der Waals surface area contributed by atoms with Crippen LogP contribution in [0.1, 0.15) is 22.3 Å². The summed E-state index contributed by atoms with van der Waals surface area (Å²) in [6.45, 7) is 4.17. The highest BCUT2D eigenvalue weighted by molar-refractivity contribution is 6.09. The zero-order chi connectivity index (χ0) is 16.0. The van der Waals surface area contributed by atoms with E-state index in [4.69, 9.17) is 0 Å². The molecule has 0 saturated carbocycles. The molecule has 7 nitrogen and oxygen atoms in total. The van der Waals surface area contributed by atoms with Crippen molar-refractivity contribution in [2.75, 3.05) is 31.1 Å². The fraction of sp³-hybridized carbons (Fsp3) is 0.438. The highest BCUT2D eigenvalue weighted by Crippen LogP contribution is 2.30. The number of carbonyl (C=O) groups is 3. The van der Waals surface area contributed by atoms with Gasteiger partial charge in [0.1, 0.15) is 6.04 Å². The standard InChI is InChI=1S/C16H18N4O3/c21-14-8-13(15(22)18-14)20-9-10-7-11(1-2-12(10)16(20)23)19-5-3-17-4-6-19/h1-2,7,13,17H,3-6,8-9H2,(H,18,21,22). The lowest BCUT2D eigenvalue weighted by atomic mass is 10.1. The first-order valence-electron chi connectivity index (χ1n) is 7.87. The maximum absolute atomic E-state index is 12.5. The lowest BCUT2D eigenvalue weighted by Crippen LogP contribution is -2.43. The molecule has 1 aromatic carbocycles. The lowest BCUT2D eigenvalue weighted by Gasteiger charge is -2.29. The fourth-order valence-electron chi connectivity index (χ4n) is 3.49. The van der Waals surface area contributed by atoms with E-state index in [1.165, 1.54) is 4.90 Å². The molecule has 0 aliphatic carbocycles. The van der Waals surface area contributed by atoms with E-state index in [9.17, 15) is 14.4 Å². The molecule has 0 bridgehead atoms. The summed E-state index contributed by atoms with van der Waals surface area (Å²) in [7, 11) is 0. The van der Waals surface area contributed by atoms with Gasteiger partial charge in [-0.05, 0) is 23.8 Å². The van der Waals surface area contributed by atoms with E-state index in [1.807, 2.05) is 18.2 Å². The van der Waals surface area contributed by atoms with Crippen molar-refractivity contribution in [2.45, 2.75) is 19.0 Å². The van der Waals surface area contributed by atoms with Crippen LogP contribution in [0.25, 0.3) is 0 Å². The van der Waals surface area contributed by atoms with Crippen LogP contribution in [0.2, 0.25) is 0 Å². The number of nitrogens with zero attached hydrogens (tertiary/aromatic N) is 2. The van der Waals surface area contributed by atoms with Gasteiger partial charge < -0.3 is 15.1 Å². The Bertz CT molecular complexity index is 697. The molecule has 1 unspecified atom stereocenters. The summed E-state index contributed by atoms with van der Waals surface area (Å²) >= 11 is 0. The van der Waals surface area contributed by atoms with E-state index in [-0.39, 0.29) is 24.1 Å². The van der Waals surface area contributed by atoms with Crippen molar-refractivity contribution in [1.82, 2.24) is 15.5 Å². The number of anilines is 1. The number of hydrogen-bond acceptors (Lipinski definition) is 5. The summed E-state index contributed by atoms with van der Waals surface area (Å²) in [4.78, 5) is 39.5. The van der Waals surface area contributed by atoms with Crippen LogP contribution in [-0.2, 0) is 16.1 Å². The van der Waals surface area contributed by atoms with Crippen molar-refractivity contribution in [3.63, 3.8) is 0 Å². The van der Waals surface area contributed by atoms with E-state index < -0.39 is 6.04 Å². The molecule has 1 aromatic rings. The molecule has 2 saturated heterocycles. The zero-order valence-electron chi connectivity index (χ0n) is 12.7. The van der Waals surface area contributed by atoms with Crippen LogP contribution < -0.4 is 15.5 Å². The monoisotopic (exact) mass is 314 g/mol. The first kappa shape index (κ1) is 14.2. The molecule has 0 radical (unpaired) electrons. The Balaban J connectivity index is 1.58. The van der Waals surface area contributed by atoms with Gasteiger partial charge in [0, 0.05) is 44.0 Å². The number of carbonyl (C=O) groups excluding carboxylic acids is 3. The molecule has 3 aliphatic heterocycles. The molecule has 3 aliphatic rings. The summed E-state index contributed by atoms with van der Waals surface area (Å²) in [5, 5.41) is 5.58. The maximum Gasteiger partial charge on any atom is 0.255 e. The van der Waals surface area contributed by atoms with Crippen molar-refractivity contribution in [3.8, 4) is 0 Å². The largest absolute Gasteiger partial charge is 0.369 e. The van der Waals surface area contributed by atoms with E-state index >= 15 is 0 Å². The van der Waals surface area contributed by atoms with Gasteiger partial charge in [-0.2, -0.15) is 0 Å². The number of nitrogens with one attached hydrogen (secondary N) is 2. The van der Waals surface area contributed by atoms with Crippen LogP contribution in [0.5, 0.6) is 0 Å². The van der Waals surface area contributed by atoms with Crippen LogP contribution in [-0.4, -0.2) is 54.8 Å². The van der Waals surface area contributed by atoms with E-state index in [0.717, 1.165) is 37.4 Å². The van der Waals surface area contributed by atoms with Gasteiger partial charge in [0.2, 0.25) is 11.8 Å². The van der Waals surface area contributed by atoms with Crippen LogP contribution in [0.15, 0.2) is 18.2 Å². The molecule has 4 rings (SSSR count). The number of hydrogen-bond donors (Lipinski definition) is 2. The average Bonchev–Trinajstić information content (AvgIpc) is 3.07. The molecule has 0 spiro atoms. The predicted octanol–water partition coefficient (Wildman–Crippen LogP) is -0.533. The highest BCUT2D eigenvalue weighted by Gasteiger charge is 2.41. The Morgan fingerprint density at radius 1 is 1.09 bits per heavy atom. The van der Waals surface area contributed by atoms with Gasteiger partial charge >= 0.3 is 0 Å². The quantitative estimate of drug-likeness (QED) is 0.717. The Labute approximate surface area is 133 Å². The van der Waals surface area contributed by atoms with Gasteiger partial charge in [-0.15, -0.1) is 0 Å². The average molecular weight is 314 g/mol. The minimum Gasteiger partial charge on any atom is -0.369 e. The number of amides is 3. The minimum atomic E-state index is -0.676. The Morgan fingerprint density at radius 2 is 1.87 bits per heavy atom. The Kier molecular flexibility index (Phi) is 3.30. The molecule has 2 N–H and O–H groups in total. The first-order chi connectivity index (χ1) is 11.1. The van der Waals surface area contributed by atoms with Crippen molar-refractivity contribution in [1.29, 1.82) is 0 Å². The van der Waals surface area contributed by atoms with Gasteiger partial charge in [-0.25, -0.2) is 0 Å². The van der Waals surface area contributed by atoms with Crippen molar-refractivity contribution in [2.24, 2.45) is 0 Å². The Morgan fingerprint density at radius 3 is 2.57 bits per heavy atom. The zero-order valence-corrected chi connectivity index (χ0v) is 12.7. The molecule has 0 aromatic heterocycles. The number of piperazine rings is 1.